The van der Waals surface area contributed by atoms with Crippen LogP contribution in [0.25, 0.3) is 0 Å². The van der Waals surface area contributed by atoms with Gasteiger partial charge in [-0.05, 0) is 31.2 Å². The highest BCUT2D eigenvalue weighted by Crippen LogP contribution is 2.29. The predicted molar refractivity (Wildman–Crippen MR) is 88.5 cm³/mol. The molecule has 120 valence electrons. The number of benzene rings is 2. The molecule has 8 heteroatoms. The zero-order chi connectivity index (χ0) is 17.0. The lowest BCUT2D eigenvalue weighted by Gasteiger charge is -2.12. The van der Waals surface area contributed by atoms with Crippen molar-refractivity contribution in [2.75, 3.05) is 5.32 Å². The maximum absolute atomic E-state index is 13.1. The smallest absolute Gasteiger partial charge is 0.292 e. The van der Waals surface area contributed by atoms with E-state index < -0.39 is 21.9 Å². The van der Waals surface area contributed by atoms with Crippen molar-refractivity contribution in [1.29, 1.82) is 0 Å². The molecule has 0 bridgehead atoms. The van der Waals surface area contributed by atoms with E-state index in [9.17, 15) is 19.3 Å². The fourth-order valence-electron chi connectivity index (χ4n) is 1.78. The molecule has 0 aliphatic heterocycles. The van der Waals surface area contributed by atoms with Crippen LogP contribution in [0.5, 0.6) is 0 Å². The number of rotatable bonds is 5. The van der Waals surface area contributed by atoms with Crippen LogP contribution in [0.3, 0.4) is 0 Å². The van der Waals surface area contributed by atoms with Gasteiger partial charge < -0.3 is 5.32 Å². The maximum atomic E-state index is 13.1. The third-order valence-corrected chi connectivity index (χ3v) is 4.32. The molecule has 1 amide bonds. The number of para-hydroxylation sites is 2. The second-order valence-electron chi connectivity index (χ2n) is 4.60. The minimum atomic E-state index is -0.562. The first kappa shape index (κ1) is 17.2. The van der Waals surface area contributed by atoms with Gasteiger partial charge in [0.05, 0.1) is 15.2 Å². The van der Waals surface area contributed by atoms with E-state index in [1.165, 1.54) is 48.2 Å². The lowest BCUT2D eigenvalue weighted by atomic mass is 10.2. The Labute approximate surface area is 141 Å². The second-order valence-corrected chi connectivity index (χ2v) is 6.42. The van der Waals surface area contributed by atoms with Crippen molar-refractivity contribution in [2.45, 2.75) is 17.1 Å². The highest BCUT2D eigenvalue weighted by molar-refractivity contribution is 8.00. The van der Waals surface area contributed by atoms with E-state index in [0.717, 1.165) is 0 Å². The molecule has 0 aliphatic carbocycles. The summed E-state index contributed by atoms with van der Waals surface area (Å²) >= 11 is 6.87. The molecular weight excluding hydrogens is 343 g/mol. The topological polar surface area (TPSA) is 72.2 Å². The van der Waals surface area contributed by atoms with Gasteiger partial charge in [0, 0.05) is 11.0 Å². The molecule has 0 saturated carbocycles. The molecule has 1 atom stereocenters. The first-order valence-electron chi connectivity index (χ1n) is 6.54. The summed E-state index contributed by atoms with van der Waals surface area (Å²) in [5.41, 5.74) is -0.0463. The molecule has 2 aromatic rings. The maximum Gasteiger partial charge on any atom is 0.292 e. The molecule has 0 fully saturated rings. The van der Waals surface area contributed by atoms with Gasteiger partial charge in [-0.2, -0.15) is 0 Å². The molecule has 0 aromatic heterocycles. The standard InChI is InChI=1S/C15H12ClFN2O3S/c1-9(23-10-6-7-12(17)11(16)8-10)15(20)18-13-4-2-3-5-14(13)19(21)22/h2-9H,1H3,(H,18,20)/t9-/m0/s1. The number of nitro benzene ring substituents is 1. The molecule has 0 saturated heterocycles. The van der Waals surface area contributed by atoms with E-state index in [1.54, 1.807) is 13.0 Å². The van der Waals surface area contributed by atoms with Gasteiger partial charge in [0.1, 0.15) is 11.5 Å². The van der Waals surface area contributed by atoms with Crippen molar-refractivity contribution in [3.63, 3.8) is 0 Å². The van der Waals surface area contributed by atoms with Gasteiger partial charge in [0.15, 0.2) is 0 Å². The van der Waals surface area contributed by atoms with Crippen molar-refractivity contribution in [3.8, 4) is 0 Å². The number of hydrogen-bond acceptors (Lipinski definition) is 4. The molecule has 0 spiro atoms. The minimum Gasteiger partial charge on any atom is -0.319 e. The number of nitrogens with one attached hydrogen (secondary N) is 1. The van der Waals surface area contributed by atoms with Gasteiger partial charge in [-0.15, -0.1) is 11.8 Å². The highest BCUT2D eigenvalue weighted by atomic mass is 35.5. The van der Waals surface area contributed by atoms with Crippen LogP contribution in [0, 0.1) is 15.9 Å². The largest absolute Gasteiger partial charge is 0.319 e. The van der Waals surface area contributed by atoms with E-state index >= 15 is 0 Å². The average molecular weight is 355 g/mol. The molecule has 23 heavy (non-hydrogen) atoms. The number of amides is 1. The van der Waals surface area contributed by atoms with Crippen LogP contribution in [-0.4, -0.2) is 16.1 Å². The third kappa shape index (κ3) is 4.43. The Kier molecular flexibility index (Phi) is 5.57. The summed E-state index contributed by atoms with van der Waals surface area (Å²) in [5, 5.41) is 12.9. The van der Waals surface area contributed by atoms with Crippen molar-refractivity contribution in [1.82, 2.24) is 0 Å². The van der Waals surface area contributed by atoms with Crippen LogP contribution in [0.4, 0.5) is 15.8 Å². The zero-order valence-electron chi connectivity index (χ0n) is 12.0. The lowest BCUT2D eigenvalue weighted by Crippen LogP contribution is -2.22. The Bertz CT molecular complexity index is 757. The van der Waals surface area contributed by atoms with Gasteiger partial charge in [-0.3, -0.25) is 14.9 Å². The fourth-order valence-corrected chi connectivity index (χ4v) is 2.93. The number of thioether (sulfide) groups is 1. The van der Waals surface area contributed by atoms with Gasteiger partial charge in [-0.25, -0.2) is 4.39 Å². The van der Waals surface area contributed by atoms with E-state index in [0.29, 0.717) is 4.90 Å². The van der Waals surface area contributed by atoms with E-state index in [4.69, 9.17) is 11.6 Å². The third-order valence-electron chi connectivity index (χ3n) is 2.93. The number of carbonyl (C=O) groups is 1. The summed E-state index contributed by atoms with van der Waals surface area (Å²) in [6.45, 7) is 1.64. The van der Waals surface area contributed by atoms with Crippen LogP contribution in [0.2, 0.25) is 5.02 Å². The monoisotopic (exact) mass is 354 g/mol. The summed E-state index contributed by atoms with van der Waals surface area (Å²) in [6, 6.07) is 10.1. The summed E-state index contributed by atoms with van der Waals surface area (Å²) in [7, 11) is 0. The molecule has 0 radical (unpaired) electrons. The zero-order valence-corrected chi connectivity index (χ0v) is 13.5. The Hall–Kier alpha value is -2.12. The molecule has 0 aliphatic rings. The van der Waals surface area contributed by atoms with E-state index in [-0.39, 0.29) is 16.4 Å². The van der Waals surface area contributed by atoms with Crippen LogP contribution in [0.1, 0.15) is 6.92 Å². The summed E-state index contributed by atoms with van der Waals surface area (Å²) in [4.78, 5) is 23.2. The second kappa shape index (κ2) is 7.43. The van der Waals surface area contributed by atoms with E-state index in [1.807, 2.05) is 0 Å². The number of halogens is 2. The van der Waals surface area contributed by atoms with Crippen LogP contribution in [-0.2, 0) is 4.79 Å². The summed E-state index contributed by atoms with van der Waals surface area (Å²) in [6.07, 6.45) is 0. The molecule has 1 N–H and O–H groups in total. The van der Waals surface area contributed by atoms with Crippen molar-refractivity contribution >= 4 is 40.6 Å². The Balaban J connectivity index is 2.08. The van der Waals surface area contributed by atoms with Crippen LogP contribution < -0.4 is 5.32 Å². The van der Waals surface area contributed by atoms with Gasteiger partial charge in [-0.1, -0.05) is 23.7 Å². The molecule has 0 heterocycles. The van der Waals surface area contributed by atoms with Gasteiger partial charge in [0.2, 0.25) is 5.91 Å². The van der Waals surface area contributed by atoms with Crippen molar-refractivity contribution in [2.24, 2.45) is 0 Å². The van der Waals surface area contributed by atoms with Crippen LogP contribution in [0.15, 0.2) is 47.4 Å². The van der Waals surface area contributed by atoms with E-state index in [2.05, 4.69) is 5.32 Å². The Morgan fingerprint density at radius 2 is 2.04 bits per heavy atom. The van der Waals surface area contributed by atoms with Crippen molar-refractivity contribution < 1.29 is 14.1 Å². The first-order valence-corrected chi connectivity index (χ1v) is 7.80. The normalized spacial score (nSPS) is 11.8. The average Bonchev–Trinajstić information content (AvgIpc) is 2.51. The highest BCUT2D eigenvalue weighted by Gasteiger charge is 2.19. The van der Waals surface area contributed by atoms with Crippen LogP contribution >= 0.6 is 23.4 Å². The Morgan fingerprint density at radius 3 is 2.70 bits per heavy atom. The molecular formula is C15H12ClFN2O3S. The number of nitrogens with zero attached hydrogens (tertiary/aromatic N) is 1. The number of anilines is 1. The number of hydrogen-bond donors (Lipinski definition) is 1. The van der Waals surface area contributed by atoms with Crippen molar-refractivity contribution in [3.05, 3.63) is 63.4 Å². The molecule has 5 nitrogen and oxygen atoms in total. The quantitative estimate of drug-likeness (QED) is 0.487. The lowest BCUT2D eigenvalue weighted by molar-refractivity contribution is -0.383. The fraction of sp³-hybridized carbons (Fsp3) is 0.133. The molecule has 2 rings (SSSR count). The first-order chi connectivity index (χ1) is 10.9. The number of nitro groups is 1. The van der Waals surface area contributed by atoms with Gasteiger partial charge in [0.25, 0.3) is 5.69 Å². The van der Waals surface area contributed by atoms with Gasteiger partial charge >= 0.3 is 0 Å². The SMILES string of the molecule is C[C@H](Sc1ccc(F)c(Cl)c1)C(=O)Nc1ccccc1[N+](=O)[O-]. The molecule has 2 aromatic carbocycles. The summed E-state index contributed by atoms with van der Waals surface area (Å²) < 4.78 is 13.1. The summed E-state index contributed by atoms with van der Waals surface area (Å²) in [5.74, 6) is -0.933. The Morgan fingerprint density at radius 1 is 1.35 bits per heavy atom. The number of carbonyl (C=O) groups excluding carboxylic acids is 1. The minimum absolute atomic E-state index is 0.0266. The predicted octanol–water partition coefficient (Wildman–Crippen LogP) is 4.51. The molecule has 0 unspecified atom stereocenters.